The number of hydrogen-bond donors (Lipinski definition) is 2. The van der Waals surface area contributed by atoms with E-state index in [1.807, 2.05) is 6.92 Å². The van der Waals surface area contributed by atoms with E-state index in [0.29, 0.717) is 30.5 Å². The zero-order valence-electron chi connectivity index (χ0n) is 11.9. The summed E-state index contributed by atoms with van der Waals surface area (Å²) in [4.78, 5) is 15.4. The topological polar surface area (TPSA) is 71.5 Å². The number of pyridine rings is 1. The van der Waals surface area contributed by atoms with Crippen molar-refractivity contribution in [1.29, 1.82) is 0 Å². The first-order valence-electron chi connectivity index (χ1n) is 6.50. The van der Waals surface area contributed by atoms with Crippen molar-refractivity contribution in [3.05, 3.63) is 23.4 Å². The summed E-state index contributed by atoms with van der Waals surface area (Å²) in [6, 6.07) is 1.73. The Morgan fingerprint density at radius 3 is 2.74 bits per heavy atom. The van der Waals surface area contributed by atoms with Crippen LogP contribution in [0.1, 0.15) is 36.7 Å². The summed E-state index contributed by atoms with van der Waals surface area (Å²) >= 11 is 0. The molecule has 106 valence electrons. The molecule has 0 saturated carbocycles. The van der Waals surface area contributed by atoms with Crippen LogP contribution in [0.2, 0.25) is 0 Å². The predicted octanol–water partition coefficient (Wildman–Crippen LogP) is 2.56. The van der Waals surface area contributed by atoms with Crippen molar-refractivity contribution in [3.8, 4) is 0 Å². The zero-order valence-corrected chi connectivity index (χ0v) is 11.9. The van der Waals surface area contributed by atoms with Gasteiger partial charge in [0.05, 0.1) is 12.6 Å². The largest absolute Gasteiger partial charge is 0.478 e. The Bertz CT molecular complexity index is 433. The van der Waals surface area contributed by atoms with E-state index in [4.69, 9.17) is 4.74 Å². The molecular formula is C14H22N2O3. The minimum absolute atomic E-state index is 0.0346. The molecule has 2 N–H and O–H groups in total. The van der Waals surface area contributed by atoms with Crippen molar-refractivity contribution in [2.75, 3.05) is 18.5 Å². The minimum atomic E-state index is -0.966. The Balaban J connectivity index is 2.96. The van der Waals surface area contributed by atoms with Crippen LogP contribution in [-0.4, -0.2) is 35.3 Å². The zero-order chi connectivity index (χ0) is 14.4. The van der Waals surface area contributed by atoms with E-state index in [-0.39, 0.29) is 11.6 Å². The van der Waals surface area contributed by atoms with E-state index in [0.717, 1.165) is 0 Å². The highest BCUT2D eigenvalue weighted by atomic mass is 16.5. The molecule has 1 aromatic rings. The van der Waals surface area contributed by atoms with Crippen LogP contribution in [0.3, 0.4) is 0 Å². The number of aryl methyl sites for hydroxylation is 1. The number of carboxylic acid groups (broad SMARTS) is 1. The van der Waals surface area contributed by atoms with Gasteiger partial charge in [0.25, 0.3) is 0 Å². The minimum Gasteiger partial charge on any atom is -0.478 e. The maximum Gasteiger partial charge on any atom is 0.339 e. The molecule has 0 saturated heterocycles. The fourth-order valence-electron chi connectivity index (χ4n) is 1.76. The van der Waals surface area contributed by atoms with Gasteiger partial charge in [0, 0.05) is 12.8 Å². The van der Waals surface area contributed by atoms with Crippen LogP contribution in [0.25, 0.3) is 0 Å². The highest BCUT2D eigenvalue weighted by Gasteiger charge is 2.19. The molecule has 19 heavy (non-hydrogen) atoms. The van der Waals surface area contributed by atoms with Crippen molar-refractivity contribution in [2.45, 2.75) is 33.7 Å². The first-order valence-corrected chi connectivity index (χ1v) is 6.50. The second kappa shape index (κ2) is 7.09. The van der Waals surface area contributed by atoms with Crippen LogP contribution in [0.15, 0.2) is 12.3 Å². The van der Waals surface area contributed by atoms with E-state index in [2.05, 4.69) is 24.1 Å². The van der Waals surface area contributed by atoms with E-state index in [1.54, 1.807) is 19.2 Å². The van der Waals surface area contributed by atoms with E-state index < -0.39 is 5.97 Å². The number of hydrogen-bond acceptors (Lipinski definition) is 4. The summed E-state index contributed by atoms with van der Waals surface area (Å²) in [7, 11) is 0. The van der Waals surface area contributed by atoms with Crippen LogP contribution in [0, 0.1) is 12.8 Å². The van der Waals surface area contributed by atoms with E-state index in [1.165, 1.54) is 0 Å². The third-order valence-corrected chi connectivity index (χ3v) is 3.00. The lowest BCUT2D eigenvalue weighted by Gasteiger charge is -2.23. The summed E-state index contributed by atoms with van der Waals surface area (Å²) in [6.45, 7) is 8.99. The first-order chi connectivity index (χ1) is 8.97. The van der Waals surface area contributed by atoms with E-state index in [9.17, 15) is 9.90 Å². The standard InChI is InChI=1S/C14H22N2O3/c1-5-19-8-11(9(2)3)16-13-12(14(17)18)10(4)6-7-15-13/h6-7,9,11H,5,8H2,1-4H3,(H,15,16)(H,17,18). The van der Waals surface area contributed by atoms with Crippen molar-refractivity contribution < 1.29 is 14.6 Å². The SMILES string of the molecule is CCOCC(Nc1nccc(C)c1C(=O)O)C(C)C. The number of anilines is 1. The van der Waals surface area contributed by atoms with Gasteiger partial charge in [0.15, 0.2) is 0 Å². The van der Waals surface area contributed by atoms with Crippen LogP contribution >= 0.6 is 0 Å². The average Bonchev–Trinajstić information content (AvgIpc) is 2.33. The third-order valence-electron chi connectivity index (χ3n) is 3.00. The van der Waals surface area contributed by atoms with Gasteiger partial charge in [-0.05, 0) is 31.4 Å². The van der Waals surface area contributed by atoms with Crippen molar-refractivity contribution in [2.24, 2.45) is 5.92 Å². The fourth-order valence-corrected chi connectivity index (χ4v) is 1.76. The monoisotopic (exact) mass is 266 g/mol. The molecule has 1 rings (SSSR count). The quantitative estimate of drug-likeness (QED) is 0.793. The van der Waals surface area contributed by atoms with Gasteiger partial charge in [-0.1, -0.05) is 13.8 Å². The van der Waals surface area contributed by atoms with Crippen molar-refractivity contribution in [1.82, 2.24) is 4.98 Å². The second-order valence-corrected chi connectivity index (χ2v) is 4.81. The van der Waals surface area contributed by atoms with Gasteiger partial charge in [0.2, 0.25) is 0 Å². The second-order valence-electron chi connectivity index (χ2n) is 4.81. The summed E-state index contributed by atoms with van der Waals surface area (Å²) in [5, 5.41) is 12.4. The highest BCUT2D eigenvalue weighted by molar-refractivity contribution is 5.94. The normalized spacial score (nSPS) is 12.5. The lowest BCUT2D eigenvalue weighted by Crippen LogP contribution is -2.32. The molecule has 0 bridgehead atoms. The van der Waals surface area contributed by atoms with Crippen molar-refractivity contribution >= 4 is 11.8 Å². The molecule has 1 unspecified atom stereocenters. The summed E-state index contributed by atoms with van der Waals surface area (Å²) in [6.07, 6.45) is 1.61. The summed E-state index contributed by atoms with van der Waals surface area (Å²) < 4.78 is 5.42. The molecule has 0 radical (unpaired) electrons. The van der Waals surface area contributed by atoms with Gasteiger partial charge < -0.3 is 15.2 Å². The Morgan fingerprint density at radius 2 is 2.21 bits per heavy atom. The number of carbonyl (C=O) groups is 1. The summed E-state index contributed by atoms with van der Waals surface area (Å²) in [5.74, 6) is -0.242. The number of nitrogens with zero attached hydrogens (tertiary/aromatic N) is 1. The molecule has 5 nitrogen and oxygen atoms in total. The molecule has 1 aromatic heterocycles. The number of ether oxygens (including phenoxy) is 1. The van der Waals surface area contributed by atoms with Gasteiger partial charge in [-0.2, -0.15) is 0 Å². The molecule has 0 spiro atoms. The molecular weight excluding hydrogens is 244 g/mol. The van der Waals surface area contributed by atoms with Crippen molar-refractivity contribution in [3.63, 3.8) is 0 Å². The van der Waals surface area contributed by atoms with Gasteiger partial charge in [-0.3, -0.25) is 0 Å². The number of aromatic carboxylic acids is 1. The maximum absolute atomic E-state index is 11.3. The predicted molar refractivity (Wildman–Crippen MR) is 74.7 cm³/mol. The molecule has 0 aromatic carbocycles. The summed E-state index contributed by atoms with van der Waals surface area (Å²) in [5.41, 5.74) is 0.925. The maximum atomic E-state index is 11.3. The molecule has 0 amide bonds. The van der Waals surface area contributed by atoms with Crippen LogP contribution in [0.5, 0.6) is 0 Å². The molecule has 1 heterocycles. The molecule has 1 atom stereocenters. The molecule has 0 aliphatic carbocycles. The Kier molecular flexibility index (Phi) is 5.76. The van der Waals surface area contributed by atoms with Crippen LogP contribution in [-0.2, 0) is 4.74 Å². The number of aromatic nitrogens is 1. The lowest BCUT2D eigenvalue weighted by atomic mass is 10.0. The van der Waals surface area contributed by atoms with Crippen LogP contribution < -0.4 is 5.32 Å². The Labute approximate surface area is 114 Å². The Hall–Kier alpha value is -1.62. The average molecular weight is 266 g/mol. The first kappa shape index (κ1) is 15.4. The number of rotatable bonds is 7. The molecule has 0 aliphatic heterocycles. The lowest BCUT2D eigenvalue weighted by molar-refractivity contribution is 0.0696. The van der Waals surface area contributed by atoms with Gasteiger partial charge in [0.1, 0.15) is 11.4 Å². The highest BCUT2D eigenvalue weighted by Crippen LogP contribution is 2.19. The molecule has 0 aliphatic rings. The number of nitrogens with one attached hydrogen (secondary N) is 1. The smallest absolute Gasteiger partial charge is 0.339 e. The fraction of sp³-hybridized carbons (Fsp3) is 0.571. The van der Waals surface area contributed by atoms with Gasteiger partial charge >= 0.3 is 5.97 Å². The van der Waals surface area contributed by atoms with E-state index >= 15 is 0 Å². The number of carboxylic acids is 1. The van der Waals surface area contributed by atoms with Gasteiger partial charge in [-0.25, -0.2) is 9.78 Å². The molecule has 5 heteroatoms. The van der Waals surface area contributed by atoms with Gasteiger partial charge in [-0.15, -0.1) is 0 Å². The van der Waals surface area contributed by atoms with Crippen LogP contribution in [0.4, 0.5) is 5.82 Å². The molecule has 0 fully saturated rings. The Morgan fingerprint density at radius 1 is 1.53 bits per heavy atom. The third kappa shape index (κ3) is 4.21.